The number of likely N-dealkylation sites (tertiary alicyclic amines) is 1. The van der Waals surface area contributed by atoms with E-state index in [1.165, 1.54) is 0 Å². The second kappa shape index (κ2) is 7.01. The summed E-state index contributed by atoms with van der Waals surface area (Å²) in [5, 5.41) is 0. The van der Waals surface area contributed by atoms with E-state index in [4.69, 9.17) is 0 Å². The summed E-state index contributed by atoms with van der Waals surface area (Å²) in [4.78, 5) is 14.6. The maximum Gasteiger partial charge on any atom is 0.239 e. The Bertz CT molecular complexity index is 628. The molecule has 1 heterocycles. The third kappa shape index (κ3) is 5.32. The second-order valence-electron chi connectivity index (χ2n) is 7.14. The summed E-state index contributed by atoms with van der Waals surface area (Å²) in [5.41, 5.74) is 0.760. The number of hydrogen-bond donors (Lipinski definition) is 1. The van der Waals surface area contributed by atoms with Gasteiger partial charge in [0, 0.05) is 11.5 Å². The largest absolute Gasteiger partial charge is 0.298 e. The lowest BCUT2D eigenvalue weighted by molar-refractivity contribution is -0.125. The molecule has 2 rings (SSSR count). The number of benzene rings is 1. The molecule has 6 heteroatoms. The van der Waals surface area contributed by atoms with Gasteiger partial charge in [-0.25, -0.2) is 8.42 Å². The first-order chi connectivity index (χ1) is 10.7. The van der Waals surface area contributed by atoms with Crippen LogP contribution in [0.3, 0.4) is 0 Å². The quantitative estimate of drug-likeness (QED) is 0.913. The Morgan fingerprint density at radius 3 is 2.26 bits per heavy atom. The van der Waals surface area contributed by atoms with E-state index in [-0.39, 0.29) is 23.1 Å². The zero-order valence-electron chi connectivity index (χ0n) is 14.1. The highest BCUT2D eigenvalue weighted by atomic mass is 32.2. The van der Waals surface area contributed by atoms with Gasteiger partial charge in [0.1, 0.15) is 0 Å². The molecular formula is C17H26N2O3S. The first-order valence-corrected chi connectivity index (χ1v) is 9.66. The number of carbonyl (C=O) groups excluding carboxylic acids is 1. The smallest absolute Gasteiger partial charge is 0.239 e. The fourth-order valence-corrected chi connectivity index (χ4v) is 4.06. The third-order valence-corrected chi connectivity index (χ3v) is 5.50. The number of hydrogen-bond acceptors (Lipinski definition) is 4. The van der Waals surface area contributed by atoms with E-state index in [1.54, 1.807) is 24.3 Å². The maximum atomic E-state index is 12.3. The number of amides is 1. The summed E-state index contributed by atoms with van der Waals surface area (Å²) in [7, 11) is -3.64. The van der Waals surface area contributed by atoms with E-state index >= 15 is 0 Å². The van der Waals surface area contributed by atoms with Crippen LogP contribution in [0.4, 0.5) is 0 Å². The predicted octanol–water partition coefficient (Wildman–Crippen LogP) is 2.14. The zero-order chi connectivity index (χ0) is 17.1. The number of piperidine rings is 1. The maximum absolute atomic E-state index is 12.3. The van der Waals surface area contributed by atoms with E-state index in [2.05, 4.69) is 30.4 Å². The van der Waals surface area contributed by atoms with Crippen molar-refractivity contribution in [2.75, 3.05) is 13.1 Å². The molecule has 1 fully saturated rings. The van der Waals surface area contributed by atoms with Crippen LogP contribution in [0.5, 0.6) is 0 Å². The van der Waals surface area contributed by atoms with Crippen molar-refractivity contribution in [3.8, 4) is 0 Å². The van der Waals surface area contributed by atoms with Crippen molar-refractivity contribution >= 4 is 15.9 Å². The molecule has 0 radical (unpaired) electrons. The Morgan fingerprint density at radius 1 is 1.17 bits per heavy atom. The molecule has 23 heavy (non-hydrogen) atoms. The van der Waals surface area contributed by atoms with Gasteiger partial charge in [0.15, 0.2) is 0 Å². The van der Waals surface area contributed by atoms with Crippen LogP contribution in [-0.2, 0) is 20.6 Å². The first kappa shape index (κ1) is 17.9. The van der Waals surface area contributed by atoms with Gasteiger partial charge in [-0.3, -0.25) is 14.4 Å². The summed E-state index contributed by atoms with van der Waals surface area (Å²) in [6, 6.07) is 8.89. The summed E-state index contributed by atoms with van der Waals surface area (Å²) < 4.78 is 26.5. The molecule has 0 aliphatic carbocycles. The van der Waals surface area contributed by atoms with Crippen LogP contribution in [0.25, 0.3) is 0 Å². The average molecular weight is 338 g/mol. The topological polar surface area (TPSA) is 66.5 Å². The van der Waals surface area contributed by atoms with E-state index < -0.39 is 10.0 Å². The first-order valence-electron chi connectivity index (χ1n) is 8.01. The molecule has 0 atom stereocenters. The predicted molar refractivity (Wildman–Crippen MR) is 91.3 cm³/mol. The molecule has 1 aliphatic heterocycles. The van der Waals surface area contributed by atoms with Gasteiger partial charge in [-0.05, 0) is 52.3 Å². The summed E-state index contributed by atoms with van der Waals surface area (Å²) in [6.45, 7) is 8.09. The van der Waals surface area contributed by atoms with Crippen LogP contribution < -0.4 is 4.72 Å². The highest BCUT2D eigenvalue weighted by Gasteiger charge is 2.31. The lowest BCUT2D eigenvalue weighted by Gasteiger charge is -2.40. The molecule has 1 N–H and O–H groups in total. The van der Waals surface area contributed by atoms with Crippen molar-refractivity contribution in [2.24, 2.45) is 5.92 Å². The van der Waals surface area contributed by atoms with Crippen LogP contribution in [-0.4, -0.2) is 37.9 Å². The Balaban J connectivity index is 1.90. The van der Waals surface area contributed by atoms with Gasteiger partial charge < -0.3 is 0 Å². The van der Waals surface area contributed by atoms with Gasteiger partial charge in [-0.2, -0.15) is 0 Å². The minimum absolute atomic E-state index is 0.0842. The standard InChI is InChI=1S/C17H26N2O3S/c1-17(2,3)19-11-9-15(10-12-19)16(20)18-23(21,22)13-14-7-5-4-6-8-14/h4-8,15H,9-13H2,1-3H3,(H,18,20). The van der Waals surface area contributed by atoms with Crippen LogP contribution >= 0.6 is 0 Å². The van der Waals surface area contributed by atoms with Crippen LogP contribution in [0.2, 0.25) is 0 Å². The summed E-state index contributed by atoms with van der Waals surface area (Å²) in [6.07, 6.45) is 1.40. The molecule has 0 saturated carbocycles. The number of nitrogens with zero attached hydrogens (tertiary/aromatic N) is 1. The number of nitrogens with one attached hydrogen (secondary N) is 1. The van der Waals surface area contributed by atoms with Crippen LogP contribution in [0.1, 0.15) is 39.2 Å². The van der Waals surface area contributed by atoms with Gasteiger partial charge >= 0.3 is 0 Å². The number of rotatable bonds is 4. The van der Waals surface area contributed by atoms with Gasteiger partial charge in [-0.1, -0.05) is 30.3 Å². The van der Waals surface area contributed by atoms with Crippen molar-refractivity contribution in [1.29, 1.82) is 0 Å². The summed E-state index contributed by atoms with van der Waals surface area (Å²) >= 11 is 0. The third-order valence-electron chi connectivity index (χ3n) is 4.27. The molecule has 128 valence electrons. The van der Waals surface area contributed by atoms with Crippen molar-refractivity contribution in [3.05, 3.63) is 35.9 Å². The minimum atomic E-state index is -3.64. The van der Waals surface area contributed by atoms with Gasteiger partial charge in [0.05, 0.1) is 5.75 Å². The van der Waals surface area contributed by atoms with Gasteiger partial charge in [0.2, 0.25) is 15.9 Å². The molecule has 0 bridgehead atoms. The molecule has 0 unspecified atom stereocenters. The lowest BCUT2D eigenvalue weighted by Crippen LogP contribution is -2.49. The Kier molecular flexibility index (Phi) is 5.47. The van der Waals surface area contributed by atoms with E-state index in [0.29, 0.717) is 18.4 Å². The molecule has 1 aliphatic rings. The molecule has 1 aromatic carbocycles. The molecule has 0 aromatic heterocycles. The number of sulfonamides is 1. The van der Waals surface area contributed by atoms with Gasteiger partial charge in [-0.15, -0.1) is 0 Å². The average Bonchev–Trinajstić information content (AvgIpc) is 2.46. The monoisotopic (exact) mass is 338 g/mol. The molecule has 1 amide bonds. The van der Waals surface area contributed by atoms with Crippen molar-refractivity contribution in [3.63, 3.8) is 0 Å². The Hall–Kier alpha value is -1.40. The highest BCUT2D eigenvalue weighted by Crippen LogP contribution is 2.24. The second-order valence-corrected chi connectivity index (χ2v) is 8.87. The molecule has 5 nitrogen and oxygen atoms in total. The molecule has 1 aromatic rings. The fraction of sp³-hybridized carbons (Fsp3) is 0.588. The van der Waals surface area contributed by atoms with E-state index in [0.717, 1.165) is 13.1 Å². The van der Waals surface area contributed by atoms with Crippen LogP contribution in [0.15, 0.2) is 30.3 Å². The fourth-order valence-electron chi connectivity index (χ4n) is 2.88. The van der Waals surface area contributed by atoms with E-state index in [1.807, 2.05) is 6.07 Å². The Labute approximate surface area is 139 Å². The Morgan fingerprint density at radius 2 is 1.74 bits per heavy atom. The number of carbonyl (C=O) groups is 1. The lowest BCUT2D eigenvalue weighted by atomic mass is 9.93. The zero-order valence-corrected chi connectivity index (χ0v) is 14.9. The summed E-state index contributed by atoms with van der Waals surface area (Å²) in [5.74, 6) is -0.755. The van der Waals surface area contributed by atoms with Crippen LogP contribution in [0, 0.1) is 5.92 Å². The normalized spacial score (nSPS) is 17.9. The van der Waals surface area contributed by atoms with Gasteiger partial charge in [0.25, 0.3) is 0 Å². The molecule has 1 saturated heterocycles. The van der Waals surface area contributed by atoms with E-state index in [9.17, 15) is 13.2 Å². The molecule has 0 spiro atoms. The molecular weight excluding hydrogens is 312 g/mol. The van der Waals surface area contributed by atoms with Crippen molar-refractivity contribution in [2.45, 2.75) is 44.9 Å². The minimum Gasteiger partial charge on any atom is -0.298 e. The highest BCUT2D eigenvalue weighted by molar-refractivity contribution is 7.89. The SMILES string of the molecule is CC(C)(C)N1CCC(C(=O)NS(=O)(=O)Cc2ccccc2)CC1. The van der Waals surface area contributed by atoms with Crippen molar-refractivity contribution in [1.82, 2.24) is 9.62 Å². The van der Waals surface area contributed by atoms with Crippen molar-refractivity contribution < 1.29 is 13.2 Å².